The SMILES string of the molecule is Cc1ccc(CNC(=O)CSc2nc3ccccc3c(=O)n2CCCOC(C)C)cc1. The lowest BCUT2D eigenvalue weighted by Gasteiger charge is -2.14. The van der Waals surface area contributed by atoms with Crippen molar-refractivity contribution in [2.45, 2.75) is 51.5 Å². The largest absolute Gasteiger partial charge is 0.379 e. The summed E-state index contributed by atoms with van der Waals surface area (Å²) >= 11 is 1.29. The molecule has 0 aliphatic carbocycles. The number of hydrogen-bond acceptors (Lipinski definition) is 5. The molecule has 0 atom stereocenters. The zero-order valence-electron chi connectivity index (χ0n) is 18.3. The van der Waals surface area contributed by atoms with Gasteiger partial charge in [-0.15, -0.1) is 0 Å². The van der Waals surface area contributed by atoms with Crippen molar-refractivity contribution in [3.8, 4) is 0 Å². The molecule has 31 heavy (non-hydrogen) atoms. The molecule has 3 aromatic rings. The van der Waals surface area contributed by atoms with E-state index in [0.29, 0.717) is 42.2 Å². The smallest absolute Gasteiger partial charge is 0.262 e. The third kappa shape index (κ3) is 6.67. The Bertz CT molecular complexity index is 1080. The van der Waals surface area contributed by atoms with E-state index >= 15 is 0 Å². The number of benzene rings is 2. The van der Waals surface area contributed by atoms with E-state index in [-0.39, 0.29) is 23.3 Å². The molecule has 0 radical (unpaired) electrons. The Morgan fingerprint density at radius 3 is 2.65 bits per heavy atom. The molecule has 0 spiro atoms. The second-order valence-corrected chi connectivity index (χ2v) is 8.63. The van der Waals surface area contributed by atoms with Gasteiger partial charge in [-0.3, -0.25) is 14.2 Å². The molecule has 1 N–H and O–H groups in total. The fourth-order valence-electron chi connectivity index (χ4n) is 3.08. The van der Waals surface area contributed by atoms with E-state index in [2.05, 4.69) is 10.3 Å². The molecule has 0 unspecified atom stereocenters. The Kier molecular flexibility index (Phi) is 8.26. The molecule has 0 fully saturated rings. The molecule has 2 aromatic carbocycles. The average molecular weight is 440 g/mol. The van der Waals surface area contributed by atoms with Gasteiger partial charge in [0.25, 0.3) is 5.56 Å². The molecule has 0 aliphatic rings. The van der Waals surface area contributed by atoms with Gasteiger partial charge in [0.05, 0.1) is 22.8 Å². The van der Waals surface area contributed by atoms with Crippen LogP contribution in [0.5, 0.6) is 0 Å². The minimum atomic E-state index is -0.0947. The summed E-state index contributed by atoms with van der Waals surface area (Å²) < 4.78 is 7.26. The van der Waals surface area contributed by atoms with Gasteiger partial charge in [-0.25, -0.2) is 4.98 Å². The van der Waals surface area contributed by atoms with Crippen molar-refractivity contribution in [3.05, 3.63) is 70.0 Å². The fraction of sp³-hybridized carbons (Fsp3) is 0.375. The number of thioether (sulfide) groups is 1. The maximum atomic E-state index is 13.0. The van der Waals surface area contributed by atoms with Crippen LogP contribution in [-0.2, 0) is 22.6 Å². The first kappa shape index (κ1) is 23.0. The quantitative estimate of drug-likeness (QED) is 0.294. The summed E-state index contributed by atoms with van der Waals surface area (Å²) in [7, 11) is 0. The van der Waals surface area contributed by atoms with Crippen LogP contribution in [0.1, 0.15) is 31.4 Å². The number of fused-ring (bicyclic) bond motifs is 1. The van der Waals surface area contributed by atoms with Crippen molar-refractivity contribution in [3.63, 3.8) is 0 Å². The van der Waals surface area contributed by atoms with Gasteiger partial charge in [0, 0.05) is 19.7 Å². The lowest BCUT2D eigenvalue weighted by molar-refractivity contribution is -0.118. The molecule has 1 heterocycles. The molecule has 1 amide bonds. The predicted molar refractivity (Wildman–Crippen MR) is 125 cm³/mol. The van der Waals surface area contributed by atoms with E-state index in [0.717, 1.165) is 5.56 Å². The molecule has 1 aromatic heterocycles. The first-order valence-electron chi connectivity index (χ1n) is 10.5. The Morgan fingerprint density at radius 1 is 1.16 bits per heavy atom. The standard InChI is InChI=1S/C24H29N3O3S/c1-17(2)30-14-6-13-27-23(29)20-7-4-5-8-21(20)26-24(27)31-16-22(28)25-15-19-11-9-18(3)10-12-19/h4-5,7-12,17H,6,13-16H2,1-3H3,(H,25,28). The topological polar surface area (TPSA) is 73.2 Å². The highest BCUT2D eigenvalue weighted by atomic mass is 32.2. The maximum Gasteiger partial charge on any atom is 0.262 e. The molecule has 3 rings (SSSR count). The monoisotopic (exact) mass is 439 g/mol. The van der Waals surface area contributed by atoms with E-state index in [1.54, 1.807) is 10.6 Å². The second-order valence-electron chi connectivity index (χ2n) is 7.69. The van der Waals surface area contributed by atoms with Crippen LogP contribution in [0.25, 0.3) is 10.9 Å². The van der Waals surface area contributed by atoms with Crippen LogP contribution in [0, 0.1) is 6.92 Å². The number of hydrogen-bond donors (Lipinski definition) is 1. The van der Waals surface area contributed by atoms with Crippen LogP contribution in [-0.4, -0.2) is 33.9 Å². The highest BCUT2D eigenvalue weighted by molar-refractivity contribution is 7.99. The number of ether oxygens (including phenoxy) is 1. The van der Waals surface area contributed by atoms with Crippen LogP contribution in [0.2, 0.25) is 0 Å². The lowest BCUT2D eigenvalue weighted by atomic mass is 10.1. The summed E-state index contributed by atoms with van der Waals surface area (Å²) in [5.41, 5.74) is 2.79. The summed E-state index contributed by atoms with van der Waals surface area (Å²) in [4.78, 5) is 30.1. The molecule has 0 saturated heterocycles. The second kappa shape index (κ2) is 11.1. The predicted octanol–water partition coefficient (Wildman–Crippen LogP) is 3.93. The van der Waals surface area contributed by atoms with Gasteiger partial charge in [-0.2, -0.15) is 0 Å². The number of carbonyl (C=O) groups is 1. The highest BCUT2D eigenvalue weighted by Crippen LogP contribution is 2.18. The first-order valence-corrected chi connectivity index (χ1v) is 11.5. The Labute approximate surface area is 187 Å². The fourth-order valence-corrected chi connectivity index (χ4v) is 3.94. The minimum Gasteiger partial charge on any atom is -0.379 e. The third-order valence-electron chi connectivity index (χ3n) is 4.75. The lowest BCUT2D eigenvalue weighted by Crippen LogP contribution is -2.27. The number of aryl methyl sites for hydroxylation is 1. The summed E-state index contributed by atoms with van der Waals surface area (Å²) in [6.45, 7) is 7.55. The van der Waals surface area contributed by atoms with Crippen molar-refractivity contribution in [2.24, 2.45) is 0 Å². The van der Waals surface area contributed by atoms with Gasteiger partial charge in [-0.1, -0.05) is 53.7 Å². The number of amides is 1. The van der Waals surface area contributed by atoms with Gasteiger partial charge in [0.15, 0.2) is 5.16 Å². The van der Waals surface area contributed by atoms with E-state index in [1.807, 2.05) is 63.2 Å². The number of rotatable bonds is 10. The van der Waals surface area contributed by atoms with Crippen molar-refractivity contribution in [2.75, 3.05) is 12.4 Å². The highest BCUT2D eigenvalue weighted by Gasteiger charge is 2.13. The van der Waals surface area contributed by atoms with Crippen LogP contribution in [0.4, 0.5) is 0 Å². The average Bonchev–Trinajstić information content (AvgIpc) is 2.76. The molecular weight excluding hydrogens is 410 g/mol. The number of carbonyl (C=O) groups excluding carboxylic acids is 1. The van der Waals surface area contributed by atoms with Crippen LogP contribution in [0.15, 0.2) is 58.5 Å². The number of nitrogens with one attached hydrogen (secondary N) is 1. The first-order chi connectivity index (χ1) is 14.9. The summed E-state index contributed by atoms with van der Waals surface area (Å²) in [6.07, 6.45) is 0.850. The molecule has 6 nitrogen and oxygen atoms in total. The normalized spacial score (nSPS) is 11.2. The molecule has 0 aliphatic heterocycles. The van der Waals surface area contributed by atoms with Gasteiger partial charge in [-0.05, 0) is 44.9 Å². The number of para-hydroxylation sites is 1. The summed E-state index contributed by atoms with van der Waals surface area (Å²) in [6, 6.07) is 15.4. The Balaban J connectivity index is 1.68. The van der Waals surface area contributed by atoms with E-state index < -0.39 is 0 Å². The van der Waals surface area contributed by atoms with Gasteiger partial charge in [0.1, 0.15) is 0 Å². The number of aromatic nitrogens is 2. The van der Waals surface area contributed by atoms with E-state index in [4.69, 9.17) is 4.74 Å². The maximum absolute atomic E-state index is 13.0. The van der Waals surface area contributed by atoms with Crippen LogP contribution < -0.4 is 10.9 Å². The zero-order valence-corrected chi connectivity index (χ0v) is 19.1. The van der Waals surface area contributed by atoms with E-state index in [9.17, 15) is 9.59 Å². The summed E-state index contributed by atoms with van der Waals surface area (Å²) in [5, 5.41) is 4.07. The van der Waals surface area contributed by atoms with Crippen LogP contribution >= 0.6 is 11.8 Å². The minimum absolute atomic E-state index is 0.0855. The van der Waals surface area contributed by atoms with Gasteiger partial charge >= 0.3 is 0 Å². The Hall–Kier alpha value is -2.64. The molecule has 0 saturated carbocycles. The molecule has 0 bridgehead atoms. The zero-order chi connectivity index (χ0) is 22.2. The molecule has 164 valence electrons. The van der Waals surface area contributed by atoms with Gasteiger partial charge in [0.2, 0.25) is 5.91 Å². The van der Waals surface area contributed by atoms with Crippen molar-refractivity contribution in [1.29, 1.82) is 0 Å². The van der Waals surface area contributed by atoms with Crippen molar-refractivity contribution < 1.29 is 9.53 Å². The molecular formula is C24H29N3O3S. The Morgan fingerprint density at radius 2 is 1.90 bits per heavy atom. The van der Waals surface area contributed by atoms with Gasteiger partial charge < -0.3 is 10.1 Å². The summed E-state index contributed by atoms with van der Waals surface area (Å²) in [5.74, 6) is 0.0988. The third-order valence-corrected chi connectivity index (χ3v) is 5.72. The van der Waals surface area contributed by atoms with Crippen molar-refractivity contribution in [1.82, 2.24) is 14.9 Å². The molecule has 7 heteroatoms. The van der Waals surface area contributed by atoms with Crippen molar-refractivity contribution >= 4 is 28.6 Å². The van der Waals surface area contributed by atoms with Crippen LogP contribution in [0.3, 0.4) is 0 Å². The van der Waals surface area contributed by atoms with E-state index in [1.165, 1.54) is 17.3 Å². The number of nitrogens with zero attached hydrogens (tertiary/aromatic N) is 2.